The lowest BCUT2D eigenvalue weighted by atomic mass is 9.92. The molecular weight excluding hydrogens is 825 g/mol. The van der Waals surface area contributed by atoms with Crippen LogP contribution >= 0.6 is 0 Å². The minimum absolute atomic E-state index is 0.00194. The third-order valence-corrected chi connectivity index (χ3v) is 13.2. The maximum atomic E-state index is 14.7. The Morgan fingerprint density at radius 3 is 2.57 bits per heavy atom. The Morgan fingerprint density at radius 2 is 1.83 bits per heavy atom. The van der Waals surface area contributed by atoms with Gasteiger partial charge >= 0.3 is 5.97 Å². The van der Waals surface area contributed by atoms with Crippen molar-refractivity contribution in [1.29, 1.82) is 0 Å². The van der Waals surface area contributed by atoms with Gasteiger partial charge in [0, 0.05) is 63.2 Å². The quantitative estimate of drug-likeness (QED) is 0.127. The molecule has 1 aromatic heterocycles. The summed E-state index contributed by atoms with van der Waals surface area (Å²) in [5.74, 6) is -2.86. The molecule has 4 amide bonds. The van der Waals surface area contributed by atoms with Crippen molar-refractivity contribution in [2.24, 2.45) is 17.8 Å². The number of benzene rings is 3. The van der Waals surface area contributed by atoms with E-state index in [1.807, 2.05) is 32.0 Å². The minimum Gasteiger partial charge on any atom is -0.508 e. The zero-order chi connectivity index (χ0) is 46.5. The Hall–Kier alpha value is -5.99. The van der Waals surface area contributed by atoms with E-state index >= 15 is 0 Å². The van der Waals surface area contributed by atoms with Gasteiger partial charge in [0.2, 0.25) is 17.7 Å². The number of nitrogens with zero attached hydrogens (tertiary/aromatic N) is 4. The van der Waals surface area contributed by atoms with E-state index in [0.717, 1.165) is 45.3 Å². The molecule has 4 aromatic rings. The van der Waals surface area contributed by atoms with Gasteiger partial charge in [0.25, 0.3) is 5.91 Å². The summed E-state index contributed by atoms with van der Waals surface area (Å²) in [7, 11) is 3.29. The van der Waals surface area contributed by atoms with Crippen LogP contribution < -0.4 is 10.7 Å². The van der Waals surface area contributed by atoms with Crippen LogP contribution in [0.15, 0.2) is 73.3 Å². The molecule has 0 aliphatic carbocycles. The first-order valence-electron chi connectivity index (χ1n) is 23.0. The van der Waals surface area contributed by atoms with Gasteiger partial charge in [0.05, 0.1) is 24.8 Å². The number of methoxy groups -OCH3 is 1. The summed E-state index contributed by atoms with van der Waals surface area (Å²) in [5, 5.41) is 16.7. The molecule has 0 spiro atoms. The molecule has 14 heteroatoms. The number of ether oxygens (including phenoxy) is 2. The third kappa shape index (κ3) is 10.1. The lowest BCUT2D eigenvalue weighted by molar-refractivity contribution is -0.154. The van der Waals surface area contributed by atoms with Crippen molar-refractivity contribution in [3.8, 4) is 28.1 Å². The van der Waals surface area contributed by atoms with E-state index in [9.17, 15) is 29.1 Å². The standard InChI is InChI=1S/C51H64N6O8/c1-8-45(59)55-21-18-36(29-55)49(61)54(6)46(31(3)4)48(60)52-43-26-33-24-37(27-38(58)25-33)35-16-17-44-40(28-35)41(47(56(44)9-2)39-14-11-10-13-34(39)19-22-64-7)23-32(5)30-65-51(63)42-15-12-20-57(53-42)50(43)62/h8,10-11,13-14,16-17,24-25,27-28,31-32,36,42-43,46,53,58H,1,9,12,15,18-23,26,29-30H2,2-7H3,(H,52,60)/t32-,36-,42-,43-,46-/m0/s1. The normalized spacial score (nSPS) is 20.9. The first kappa shape index (κ1) is 47.0. The van der Waals surface area contributed by atoms with Gasteiger partial charge in [-0.15, -0.1) is 0 Å². The molecule has 0 unspecified atom stereocenters. The monoisotopic (exact) mass is 888 g/mol. The van der Waals surface area contributed by atoms with Crippen molar-refractivity contribution in [1.82, 2.24) is 30.1 Å². The smallest absolute Gasteiger partial charge is 0.324 e. The van der Waals surface area contributed by atoms with Crippen LogP contribution in [0.4, 0.5) is 0 Å². The Labute approximate surface area is 381 Å². The molecule has 2 saturated heterocycles. The van der Waals surface area contributed by atoms with Crippen molar-refractivity contribution < 1.29 is 38.6 Å². The number of likely N-dealkylation sites (N-methyl/N-ethyl adjacent to an activating group) is 1. The molecular formula is C51H64N6O8. The molecule has 3 aliphatic heterocycles. The van der Waals surface area contributed by atoms with Crippen molar-refractivity contribution >= 4 is 40.5 Å². The summed E-state index contributed by atoms with van der Waals surface area (Å²) in [6, 6.07) is 17.1. The van der Waals surface area contributed by atoms with Crippen LogP contribution in [0.25, 0.3) is 33.3 Å². The molecule has 4 heterocycles. The van der Waals surface area contributed by atoms with Gasteiger partial charge in [0.15, 0.2) is 0 Å². The number of carbonyl (C=O) groups is 5. The van der Waals surface area contributed by atoms with Crippen LogP contribution in [0.2, 0.25) is 0 Å². The van der Waals surface area contributed by atoms with E-state index < -0.39 is 41.8 Å². The second kappa shape index (κ2) is 20.5. The van der Waals surface area contributed by atoms with E-state index in [2.05, 4.69) is 66.1 Å². The fourth-order valence-corrected chi connectivity index (χ4v) is 9.96. The maximum Gasteiger partial charge on any atom is 0.324 e. The zero-order valence-corrected chi connectivity index (χ0v) is 38.6. The Balaban J connectivity index is 1.29. The number of nitrogens with one attached hydrogen (secondary N) is 2. The topological polar surface area (TPSA) is 163 Å². The second-order valence-electron chi connectivity index (χ2n) is 18.2. The maximum absolute atomic E-state index is 14.7. The van der Waals surface area contributed by atoms with E-state index in [4.69, 9.17) is 9.47 Å². The number of hydrogen-bond acceptors (Lipinski definition) is 9. The van der Waals surface area contributed by atoms with Crippen molar-refractivity contribution in [3.05, 3.63) is 90.0 Å². The number of amides is 4. The molecule has 3 N–H and O–H groups in total. The highest BCUT2D eigenvalue weighted by atomic mass is 16.5. The van der Waals surface area contributed by atoms with Gasteiger partial charge in [-0.25, -0.2) is 5.43 Å². The number of fused-ring (bicyclic) bond motifs is 6. The first-order valence-corrected chi connectivity index (χ1v) is 23.0. The fraction of sp³-hybridized carbons (Fsp3) is 0.471. The molecule has 7 rings (SSSR count). The predicted molar refractivity (Wildman–Crippen MR) is 249 cm³/mol. The summed E-state index contributed by atoms with van der Waals surface area (Å²) in [5.41, 5.74) is 10.9. The number of likely N-dealkylation sites (tertiary alicyclic amines) is 1. The Bertz CT molecular complexity index is 2440. The SMILES string of the molecule is C=CC(=O)N1CC[C@H](C(=O)N(C)[C@H](C(=O)N[C@H]2Cc3cc(O)cc(c3)-c3ccc4c(c3)c(c(-c3ccccc3CCOC)n4CC)C[C@H](C)COC(=O)[C@@H]3CCCN(N3)C2=O)C(C)C)C1. The lowest BCUT2D eigenvalue weighted by Gasteiger charge is -2.36. The first-order chi connectivity index (χ1) is 31.2. The third-order valence-electron chi connectivity index (χ3n) is 13.2. The van der Waals surface area contributed by atoms with Crippen LogP contribution in [-0.4, -0.2) is 119 Å². The number of esters is 1. The highest BCUT2D eigenvalue weighted by Gasteiger charge is 2.40. The second-order valence-corrected chi connectivity index (χ2v) is 18.2. The molecule has 3 aliphatic rings. The predicted octanol–water partition coefficient (Wildman–Crippen LogP) is 5.67. The summed E-state index contributed by atoms with van der Waals surface area (Å²) >= 11 is 0. The van der Waals surface area contributed by atoms with Gasteiger partial charge in [-0.05, 0) is 109 Å². The number of cyclic esters (lactones) is 1. The van der Waals surface area contributed by atoms with Gasteiger partial charge in [-0.1, -0.05) is 63.7 Å². The number of carbonyl (C=O) groups excluding carboxylic acids is 5. The molecule has 0 radical (unpaired) electrons. The zero-order valence-electron chi connectivity index (χ0n) is 38.6. The average Bonchev–Trinajstić information content (AvgIpc) is 3.91. The van der Waals surface area contributed by atoms with E-state index in [1.54, 1.807) is 31.2 Å². The Morgan fingerprint density at radius 1 is 1.05 bits per heavy atom. The van der Waals surface area contributed by atoms with Crippen LogP contribution in [-0.2, 0) is 59.3 Å². The van der Waals surface area contributed by atoms with Crippen LogP contribution in [0.1, 0.15) is 63.6 Å². The van der Waals surface area contributed by atoms with Crippen molar-refractivity contribution in [2.45, 2.75) is 90.9 Å². The Kier molecular flexibility index (Phi) is 14.8. The summed E-state index contributed by atoms with van der Waals surface area (Å²) in [6.45, 7) is 13.8. The van der Waals surface area contributed by atoms with Crippen molar-refractivity contribution in [3.63, 3.8) is 0 Å². The number of phenolic OH excluding ortho intramolecular Hbond substituents is 1. The molecule has 6 bridgehead atoms. The number of hydrazine groups is 1. The molecule has 5 atom stereocenters. The molecule has 3 aromatic carbocycles. The number of aromatic hydroxyl groups is 1. The summed E-state index contributed by atoms with van der Waals surface area (Å²) in [4.78, 5) is 72.1. The number of aryl methyl sites for hydroxylation is 1. The number of rotatable bonds is 11. The number of aromatic nitrogens is 1. The largest absolute Gasteiger partial charge is 0.508 e. The number of hydrogen-bond donors (Lipinski definition) is 3. The van der Waals surface area contributed by atoms with Crippen LogP contribution in [0.5, 0.6) is 5.75 Å². The van der Waals surface area contributed by atoms with Crippen LogP contribution in [0, 0.1) is 17.8 Å². The molecule has 2 fully saturated rings. The lowest BCUT2D eigenvalue weighted by Crippen LogP contribution is -2.62. The minimum atomic E-state index is -1.15. The van der Waals surface area contributed by atoms with E-state index in [0.29, 0.717) is 50.9 Å². The summed E-state index contributed by atoms with van der Waals surface area (Å²) < 4.78 is 13.9. The van der Waals surface area contributed by atoms with Crippen molar-refractivity contribution in [2.75, 3.05) is 47.0 Å². The number of phenols is 1. The molecule has 346 valence electrons. The van der Waals surface area contributed by atoms with Gasteiger partial charge in [-0.2, -0.15) is 0 Å². The summed E-state index contributed by atoms with van der Waals surface area (Å²) in [6.07, 6.45) is 4.03. The highest BCUT2D eigenvalue weighted by Crippen LogP contribution is 2.40. The highest BCUT2D eigenvalue weighted by molar-refractivity contribution is 5.96. The van der Waals surface area contributed by atoms with Gasteiger partial charge < -0.3 is 34.3 Å². The van der Waals surface area contributed by atoms with Gasteiger partial charge in [0.1, 0.15) is 23.9 Å². The van der Waals surface area contributed by atoms with Crippen LogP contribution in [0.3, 0.4) is 0 Å². The molecule has 14 nitrogen and oxygen atoms in total. The van der Waals surface area contributed by atoms with Gasteiger partial charge in [-0.3, -0.25) is 29.0 Å². The molecule has 65 heavy (non-hydrogen) atoms. The average molecular weight is 889 g/mol. The molecule has 0 saturated carbocycles. The van der Waals surface area contributed by atoms with E-state index in [1.165, 1.54) is 21.5 Å². The fourth-order valence-electron chi connectivity index (χ4n) is 9.96. The van der Waals surface area contributed by atoms with E-state index in [-0.39, 0.29) is 55.5 Å².